The van der Waals surface area contributed by atoms with Gasteiger partial charge in [0.05, 0.1) is 12.7 Å². The second kappa shape index (κ2) is 6.62. The lowest BCUT2D eigenvalue weighted by Crippen LogP contribution is -2.20. The molecule has 2 heterocycles. The molecule has 1 amide bonds. The second-order valence-corrected chi connectivity index (χ2v) is 5.60. The van der Waals surface area contributed by atoms with Crippen LogP contribution in [0.4, 0.5) is 5.95 Å². The normalized spacial score (nSPS) is 10.7. The molecule has 1 aromatic carbocycles. The molecule has 0 saturated carbocycles. The van der Waals surface area contributed by atoms with Crippen molar-refractivity contribution in [3.63, 3.8) is 0 Å². The first-order chi connectivity index (χ1) is 11.1. The summed E-state index contributed by atoms with van der Waals surface area (Å²) in [5.74, 6) is 0.0366. The van der Waals surface area contributed by atoms with Crippen molar-refractivity contribution >= 4 is 23.5 Å². The van der Waals surface area contributed by atoms with Crippen LogP contribution in [0.15, 0.2) is 43.0 Å². The summed E-state index contributed by atoms with van der Waals surface area (Å²) in [5, 5.41) is 11.6. The van der Waals surface area contributed by atoms with Crippen molar-refractivity contribution in [2.24, 2.45) is 0 Å². The Balaban J connectivity index is 1.59. The molecule has 0 fully saturated rings. The number of nitrogens with zero attached hydrogens (tertiary/aromatic N) is 5. The Morgan fingerprint density at radius 1 is 1.35 bits per heavy atom. The highest BCUT2D eigenvalue weighted by molar-refractivity contribution is 6.30. The van der Waals surface area contributed by atoms with E-state index >= 15 is 0 Å². The number of hydrogen-bond acceptors (Lipinski definition) is 4. The number of carbonyl (C=O) groups excluding carboxylic acids is 1. The maximum atomic E-state index is 11.9. The Morgan fingerprint density at radius 2 is 2.22 bits per heavy atom. The monoisotopic (exact) mass is 330 g/mol. The van der Waals surface area contributed by atoms with Gasteiger partial charge in [-0.3, -0.25) is 14.8 Å². The Labute approximate surface area is 137 Å². The van der Waals surface area contributed by atoms with E-state index in [1.807, 2.05) is 31.2 Å². The van der Waals surface area contributed by atoms with Gasteiger partial charge in [-0.15, -0.1) is 5.10 Å². The molecule has 0 atom stereocenters. The van der Waals surface area contributed by atoms with Crippen LogP contribution in [-0.2, 0) is 17.9 Å². The molecule has 0 radical (unpaired) electrons. The van der Waals surface area contributed by atoms with Gasteiger partial charge in [-0.25, -0.2) is 9.67 Å². The molecule has 0 spiro atoms. The maximum Gasteiger partial charge on any atom is 0.248 e. The lowest BCUT2D eigenvalue weighted by atomic mass is 10.2. The number of nitrogens with one attached hydrogen (secondary N) is 1. The number of hydrogen-bond donors (Lipinski definition) is 1. The highest BCUT2D eigenvalue weighted by atomic mass is 35.5. The van der Waals surface area contributed by atoms with Gasteiger partial charge in [-0.05, 0) is 30.2 Å². The van der Waals surface area contributed by atoms with E-state index in [4.69, 9.17) is 11.6 Å². The molecule has 0 saturated heterocycles. The van der Waals surface area contributed by atoms with Crippen LogP contribution in [0.1, 0.15) is 11.1 Å². The molecular weight excluding hydrogens is 316 g/mol. The van der Waals surface area contributed by atoms with Gasteiger partial charge in [0.1, 0.15) is 12.9 Å². The van der Waals surface area contributed by atoms with E-state index in [0.29, 0.717) is 11.6 Å². The number of halogens is 1. The first-order valence-electron chi connectivity index (χ1n) is 7.01. The molecule has 118 valence electrons. The lowest BCUT2D eigenvalue weighted by molar-refractivity contribution is -0.116. The Morgan fingerprint density at radius 3 is 2.96 bits per heavy atom. The quantitative estimate of drug-likeness (QED) is 0.777. The van der Waals surface area contributed by atoms with Gasteiger partial charge < -0.3 is 0 Å². The van der Waals surface area contributed by atoms with E-state index in [-0.39, 0.29) is 18.4 Å². The van der Waals surface area contributed by atoms with E-state index in [2.05, 4.69) is 20.5 Å². The Bertz CT molecular complexity index is 825. The number of benzene rings is 1. The molecule has 23 heavy (non-hydrogen) atoms. The highest BCUT2D eigenvalue weighted by Crippen LogP contribution is 2.11. The third-order valence-electron chi connectivity index (χ3n) is 3.09. The second-order valence-electron chi connectivity index (χ2n) is 5.16. The summed E-state index contributed by atoms with van der Waals surface area (Å²) >= 11 is 5.95. The molecule has 3 rings (SSSR count). The average Bonchev–Trinajstić information content (AvgIpc) is 3.08. The molecule has 0 unspecified atom stereocenters. The first kappa shape index (κ1) is 15.2. The third-order valence-corrected chi connectivity index (χ3v) is 3.32. The smallest absolute Gasteiger partial charge is 0.248 e. The number of anilines is 1. The minimum Gasteiger partial charge on any atom is -0.292 e. The minimum atomic E-state index is -0.228. The van der Waals surface area contributed by atoms with Crippen LogP contribution in [0, 0.1) is 6.92 Å². The summed E-state index contributed by atoms with van der Waals surface area (Å²) in [6.07, 6.45) is 5.06. The summed E-state index contributed by atoms with van der Waals surface area (Å²) < 4.78 is 3.20. The fourth-order valence-electron chi connectivity index (χ4n) is 2.12. The van der Waals surface area contributed by atoms with Crippen molar-refractivity contribution in [2.75, 3.05) is 5.32 Å². The molecule has 0 aliphatic heterocycles. The van der Waals surface area contributed by atoms with Crippen molar-refractivity contribution in [1.82, 2.24) is 24.5 Å². The predicted molar refractivity (Wildman–Crippen MR) is 86.2 cm³/mol. The van der Waals surface area contributed by atoms with Crippen molar-refractivity contribution in [3.05, 3.63) is 59.1 Å². The molecule has 1 N–H and O–H groups in total. The van der Waals surface area contributed by atoms with Crippen molar-refractivity contribution < 1.29 is 4.79 Å². The van der Waals surface area contributed by atoms with E-state index in [0.717, 1.165) is 11.1 Å². The van der Waals surface area contributed by atoms with Crippen LogP contribution in [0.25, 0.3) is 0 Å². The fourth-order valence-corrected chi connectivity index (χ4v) is 2.33. The molecule has 3 aromatic rings. The van der Waals surface area contributed by atoms with Crippen LogP contribution in [0.2, 0.25) is 5.02 Å². The number of amides is 1. The summed E-state index contributed by atoms with van der Waals surface area (Å²) in [4.78, 5) is 16.0. The fraction of sp³-hybridized carbons (Fsp3) is 0.200. The lowest BCUT2D eigenvalue weighted by Gasteiger charge is -2.02. The zero-order valence-electron chi connectivity index (χ0n) is 12.5. The number of carbonyl (C=O) groups is 1. The molecule has 0 bridgehead atoms. The zero-order valence-corrected chi connectivity index (χ0v) is 13.2. The predicted octanol–water partition coefficient (Wildman–Crippen LogP) is 2.12. The standard InChI is InChI=1S/C15H15ClN6O/c1-11-6-18-21(7-11)9-14(23)19-15-17-10-22(20-15)8-12-3-2-4-13(16)5-12/h2-7,10H,8-9H2,1H3,(H,19,20,23). The van der Waals surface area contributed by atoms with E-state index in [1.165, 1.54) is 0 Å². The van der Waals surface area contributed by atoms with Gasteiger partial charge in [0.25, 0.3) is 0 Å². The first-order valence-corrected chi connectivity index (χ1v) is 7.39. The number of aryl methyl sites for hydroxylation is 1. The minimum absolute atomic E-state index is 0.122. The Hall–Kier alpha value is -2.67. The van der Waals surface area contributed by atoms with Crippen molar-refractivity contribution in [3.8, 4) is 0 Å². The number of rotatable bonds is 5. The van der Waals surface area contributed by atoms with E-state index in [9.17, 15) is 4.79 Å². The summed E-state index contributed by atoms with van der Waals surface area (Å²) in [6, 6.07) is 7.51. The van der Waals surface area contributed by atoms with Gasteiger partial charge in [0.2, 0.25) is 11.9 Å². The third kappa shape index (κ3) is 4.17. The summed E-state index contributed by atoms with van der Waals surface area (Å²) in [6.45, 7) is 2.57. The maximum absolute atomic E-state index is 11.9. The van der Waals surface area contributed by atoms with Crippen LogP contribution < -0.4 is 5.32 Å². The zero-order chi connectivity index (χ0) is 16.2. The Kier molecular flexibility index (Phi) is 4.38. The molecular formula is C15H15ClN6O. The molecule has 7 nitrogen and oxygen atoms in total. The van der Waals surface area contributed by atoms with Gasteiger partial charge in [-0.1, -0.05) is 23.7 Å². The van der Waals surface area contributed by atoms with Crippen LogP contribution >= 0.6 is 11.6 Å². The van der Waals surface area contributed by atoms with Crippen molar-refractivity contribution in [1.29, 1.82) is 0 Å². The SMILES string of the molecule is Cc1cnn(CC(=O)Nc2ncn(Cc3cccc(Cl)c3)n2)c1. The van der Waals surface area contributed by atoms with Crippen molar-refractivity contribution in [2.45, 2.75) is 20.0 Å². The topological polar surface area (TPSA) is 77.6 Å². The summed E-state index contributed by atoms with van der Waals surface area (Å²) in [7, 11) is 0. The average molecular weight is 331 g/mol. The van der Waals surface area contributed by atoms with Crippen LogP contribution in [0.5, 0.6) is 0 Å². The molecule has 0 aliphatic rings. The van der Waals surface area contributed by atoms with Gasteiger partial charge in [0.15, 0.2) is 0 Å². The van der Waals surface area contributed by atoms with E-state index in [1.54, 1.807) is 28.1 Å². The van der Waals surface area contributed by atoms with E-state index < -0.39 is 0 Å². The molecule has 2 aromatic heterocycles. The van der Waals surface area contributed by atoms with Gasteiger partial charge in [-0.2, -0.15) is 5.10 Å². The van der Waals surface area contributed by atoms with Gasteiger partial charge >= 0.3 is 0 Å². The van der Waals surface area contributed by atoms with Gasteiger partial charge in [0, 0.05) is 11.2 Å². The van der Waals surface area contributed by atoms with Crippen LogP contribution in [-0.4, -0.2) is 30.5 Å². The van der Waals surface area contributed by atoms with Crippen LogP contribution in [0.3, 0.4) is 0 Å². The molecule has 8 heteroatoms. The number of aromatic nitrogens is 5. The molecule has 0 aliphatic carbocycles. The largest absolute Gasteiger partial charge is 0.292 e. The summed E-state index contributed by atoms with van der Waals surface area (Å²) in [5.41, 5.74) is 2.01. The highest BCUT2D eigenvalue weighted by Gasteiger charge is 2.08.